The molecule has 1 atom stereocenters. The summed E-state index contributed by atoms with van der Waals surface area (Å²) in [6.45, 7) is 4.01. The van der Waals surface area contributed by atoms with Gasteiger partial charge in [0.1, 0.15) is 0 Å². The third-order valence-corrected chi connectivity index (χ3v) is 4.02. The van der Waals surface area contributed by atoms with Crippen molar-refractivity contribution in [3.8, 4) is 0 Å². The quantitative estimate of drug-likeness (QED) is 0.830. The largest absolute Gasteiger partial charge is 0.322 e. The molecule has 106 valence electrons. The molecule has 0 aromatic heterocycles. The molecule has 4 heteroatoms. The highest BCUT2D eigenvalue weighted by Gasteiger charge is 2.49. The van der Waals surface area contributed by atoms with E-state index in [0.717, 1.165) is 22.3 Å². The van der Waals surface area contributed by atoms with Crippen LogP contribution in [0.2, 0.25) is 0 Å². The summed E-state index contributed by atoms with van der Waals surface area (Å²) in [5, 5.41) is 5.15. The summed E-state index contributed by atoms with van der Waals surface area (Å²) in [6, 6.07) is 14.6. The third kappa shape index (κ3) is 2.00. The number of urea groups is 1. The van der Waals surface area contributed by atoms with Crippen LogP contribution >= 0.6 is 0 Å². The summed E-state index contributed by atoms with van der Waals surface area (Å²) < 4.78 is 0. The molecular formula is C17H16N2O2. The highest BCUT2D eigenvalue weighted by molar-refractivity contribution is 6.09. The van der Waals surface area contributed by atoms with E-state index in [4.69, 9.17) is 0 Å². The lowest BCUT2D eigenvalue weighted by Gasteiger charge is -2.27. The highest BCUT2D eigenvalue weighted by atomic mass is 16.2. The van der Waals surface area contributed by atoms with E-state index in [1.165, 1.54) is 0 Å². The van der Waals surface area contributed by atoms with Gasteiger partial charge in [0.05, 0.1) is 0 Å². The molecular weight excluding hydrogens is 264 g/mol. The molecule has 4 nitrogen and oxygen atoms in total. The highest BCUT2D eigenvalue weighted by Crippen LogP contribution is 2.33. The molecule has 3 amide bonds. The number of benzene rings is 2. The van der Waals surface area contributed by atoms with Crippen molar-refractivity contribution >= 4 is 11.9 Å². The number of hydrogen-bond donors (Lipinski definition) is 2. The molecule has 3 rings (SSSR count). The van der Waals surface area contributed by atoms with Gasteiger partial charge in [0.15, 0.2) is 5.54 Å². The first-order chi connectivity index (χ1) is 10.0. The number of amides is 3. The van der Waals surface area contributed by atoms with Crippen LogP contribution < -0.4 is 10.6 Å². The van der Waals surface area contributed by atoms with Crippen LogP contribution in [0.3, 0.4) is 0 Å². The zero-order valence-electron chi connectivity index (χ0n) is 11.9. The van der Waals surface area contributed by atoms with Gasteiger partial charge in [-0.2, -0.15) is 0 Å². The molecule has 1 aliphatic rings. The van der Waals surface area contributed by atoms with Crippen molar-refractivity contribution in [2.45, 2.75) is 19.4 Å². The number of hydrogen-bond acceptors (Lipinski definition) is 2. The van der Waals surface area contributed by atoms with E-state index >= 15 is 0 Å². The molecule has 0 aliphatic carbocycles. The Morgan fingerprint density at radius 2 is 1.57 bits per heavy atom. The van der Waals surface area contributed by atoms with Gasteiger partial charge >= 0.3 is 6.03 Å². The molecule has 21 heavy (non-hydrogen) atoms. The van der Waals surface area contributed by atoms with E-state index < -0.39 is 11.6 Å². The smallest absolute Gasteiger partial charge is 0.316 e. The molecule has 1 aliphatic heterocycles. The number of carbonyl (C=O) groups excluding carboxylic acids is 2. The van der Waals surface area contributed by atoms with Gasteiger partial charge in [-0.05, 0) is 36.1 Å². The van der Waals surface area contributed by atoms with Gasteiger partial charge in [-0.15, -0.1) is 0 Å². The average Bonchev–Trinajstić information content (AvgIpc) is 2.78. The van der Waals surface area contributed by atoms with Crippen molar-refractivity contribution in [1.29, 1.82) is 0 Å². The fourth-order valence-corrected chi connectivity index (χ4v) is 2.69. The molecule has 0 radical (unpaired) electrons. The summed E-state index contributed by atoms with van der Waals surface area (Å²) in [5.74, 6) is -0.345. The predicted molar refractivity (Wildman–Crippen MR) is 79.8 cm³/mol. The van der Waals surface area contributed by atoms with Gasteiger partial charge in [-0.25, -0.2) is 4.79 Å². The Balaban J connectivity index is 2.24. The Kier molecular flexibility index (Phi) is 3.01. The fourth-order valence-electron chi connectivity index (χ4n) is 2.69. The Bertz CT molecular complexity index is 725. The van der Waals surface area contributed by atoms with Gasteiger partial charge in [0.25, 0.3) is 5.91 Å². The molecule has 2 N–H and O–H groups in total. The van der Waals surface area contributed by atoms with E-state index in [0.29, 0.717) is 0 Å². The molecule has 2 aromatic carbocycles. The van der Waals surface area contributed by atoms with Crippen LogP contribution in [0.5, 0.6) is 0 Å². The van der Waals surface area contributed by atoms with Crippen LogP contribution in [0.25, 0.3) is 0 Å². The van der Waals surface area contributed by atoms with Crippen molar-refractivity contribution in [2.75, 3.05) is 0 Å². The maximum Gasteiger partial charge on any atom is 0.322 e. The summed E-state index contributed by atoms with van der Waals surface area (Å²) in [7, 11) is 0. The fraction of sp³-hybridized carbons (Fsp3) is 0.176. The molecule has 1 fully saturated rings. The maximum absolute atomic E-state index is 12.5. The van der Waals surface area contributed by atoms with Crippen LogP contribution in [-0.2, 0) is 10.3 Å². The summed E-state index contributed by atoms with van der Waals surface area (Å²) in [4.78, 5) is 24.2. The molecule has 1 saturated heterocycles. The van der Waals surface area contributed by atoms with Crippen molar-refractivity contribution in [3.63, 3.8) is 0 Å². The van der Waals surface area contributed by atoms with E-state index in [1.807, 2.05) is 62.4 Å². The maximum atomic E-state index is 12.5. The van der Waals surface area contributed by atoms with Crippen LogP contribution in [0.1, 0.15) is 22.3 Å². The van der Waals surface area contributed by atoms with E-state index in [9.17, 15) is 9.59 Å². The number of nitrogens with one attached hydrogen (secondary N) is 2. The van der Waals surface area contributed by atoms with Crippen LogP contribution in [0.4, 0.5) is 4.79 Å². The van der Waals surface area contributed by atoms with Gasteiger partial charge < -0.3 is 5.32 Å². The van der Waals surface area contributed by atoms with E-state index in [-0.39, 0.29) is 5.91 Å². The Labute approximate surface area is 123 Å². The number of rotatable bonds is 2. The Hall–Kier alpha value is -2.62. The van der Waals surface area contributed by atoms with Crippen molar-refractivity contribution in [1.82, 2.24) is 10.6 Å². The third-order valence-electron chi connectivity index (χ3n) is 4.02. The minimum Gasteiger partial charge on any atom is -0.316 e. The lowest BCUT2D eigenvalue weighted by Crippen LogP contribution is -2.44. The standard InChI is InChI=1S/C17H16N2O2/c1-11-8-9-14(10-12(11)2)17(13-6-4-3-5-7-13)15(20)18-16(21)19-17/h3-10H,1-2H3,(H2,18,19,20,21). The van der Waals surface area contributed by atoms with Crippen molar-refractivity contribution < 1.29 is 9.59 Å². The van der Waals surface area contributed by atoms with E-state index in [2.05, 4.69) is 10.6 Å². The molecule has 1 heterocycles. The minimum atomic E-state index is -1.16. The molecule has 0 saturated carbocycles. The van der Waals surface area contributed by atoms with Crippen LogP contribution in [0, 0.1) is 13.8 Å². The van der Waals surface area contributed by atoms with Crippen molar-refractivity contribution in [2.24, 2.45) is 0 Å². The first kappa shape index (κ1) is 13.4. The first-order valence-corrected chi connectivity index (χ1v) is 6.81. The monoisotopic (exact) mass is 280 g/mol. The van der Waals surface area contributed by atoms with Gasteiger partial charge in [-0.1, -0.05) is 48.5 Å². The number of aryl methyl sites for hydroxylation is 2. The minimum absolute atomic E-state index is 0.345. The second-order valence-corrected chi connectivity index (χ2v) is 5.32. The lowest BCUT2D eigenvalue weighted by molar-refractivity contribution is -0.122. The normalized spacial score (nSPS) is 21.0. The van der Waals surface area contributed by atoms with Gasteiger partial charge in [-0.3, -0.25) is 10.1 Å². The molecule has 0 spiro atoms. The topological polar surface area (TPSA) is 58.2 Å². The van der Waals surface area contributed by atoms with Gasteiger partial charge in [0, 0.05) is 0 Å². The number of imide groups is 1. The predicted octanol–water partition coefficient (Wildman–Crippen LogP) is 2.39. The molecule has 2 aromatic rings. The van der Waals surface area contributed by atoms with Crippen molar-refractivity contribution in [3.05, 3.63) is 70.8 Å². The average molecular weight is 280 g/mol. The summed E-state index contributed by atoms with van der Waals surface area (Å²) in [6.07, 6.45) is 0. The lowest BCUT2D eigenvalue weighted by atomic mass is 9.82. The Morgan fingerprint density at radius 3 is 2.14 bits per heavy atom. The second kappa shape index (κ2) is 4.74. The van der Waals surface area contributed by atoms with Crippen LogP contribution in [-0.4, -0.2) is 11.9 Å². The van der Waals surface area contributed by atoms with Gasteiger partial charge in [0.2, 0.25) is 0 Å². The molecule has 0 bridgehead atoms. The van der Waals surface area contributed by atoms with E-state index in [1.54, 1.807) is 0 Å². The zero-order chi connectivity index (χ0) is 15.0. The second-order valence-electron chi connectivity index (χ2n) is 5.32. The number of carbonyl (C=O) groups is 2. The first-order valence-electron chi connectivity index (χ1n) is 6.81. The zero-order valence-corrected chi connectivity index (χ0v) is 11.9. The van der Waals surface area contributed by atoms with Crippen LogP contribution in [0.15, 0.2) is 48.5 Å². The summed E-state index contributed by atoms with van der Waals surface area (Å²) in [5.41, 5.74) is 2.58. The summed E-state index contributed by atoms with van der Waals surface area (Å²) >= 11 is 0. The molecule has 1 unspecified atom stereocenters. The Morgan fingerprint density at radius 1 is 0.857 bits per heavy atom. The SMILES string of the molecule is Cc1ccc(C2(c3ccccc3)NC(=O)NC2=O)cc1C.